The van der Waals surface area contributed by atoms with Crippen LogP contribution in [0.15, 0.2) is 54.6 Å². The van der Waals surface area contributed by atoms with E-state index in [4.69, 9.17) is 0 Å². The summed E-state index contributed by atoms with van der Waals surface area (Å²) in [7, 11) is 0. The normalized spacial score (nSPS) is 9.91. The molecule has 0 aliphatic rings. The minimum absolute atomic E-state index is 0.0219. The van der Waals surface area contributed by atoms with E-state index in [9.17, 15) is 24.8 Å². The molecule has 0 radical (unpaired) electrons. The molecule has 2 aromatic carbocycles. The summed E-state index contributed by atoms with van der Waals surface area (Å²) < 4.78 is 0. The average molecular weight is 315 g/mol. The maximum absolute atomic E-state index is 12.1. The van der Waals surface area contributed by atoms with Crippen molar-refractivity contribution in [2.24, 2.45) is 0 Å². The number of non-ortho nitro benzene ring substituents is 1. The molecular weight excluding hydrogens is 302 g/mol. The molecule has 0 atom stereocenters. The number of nitro groups is 1. The Balaban J connectivity index is 2.12. The lowest BCUT2D eigenvalue weighted by Gasteiger charge is -2.18. The van der Waals surface area contributed by atoms with Gasteiger partial charge in [0.2, 0.25) is 0 Å². The molecule has 0 saturated heterocycles. The number of hydrogen-bond acceptors (Lipinski definition) is 4. The Hall–Kier alpha value is -3.42. The number of carbonyl (C=O) groups is 2. The van der Waals surface area contributed by atoms with Crippen LogP contribution >= 0.6 is 0 Å². The standard InChI is InChI=1S/C15H13N3O5/c19-14(16-10-11-4-2-1-3-5-11)17(15(20)21)12-6-8-13(9-7-12)18(22)23/h1-9H,10H2,(H,16,19)(H,20,21). The SMILES string of the molecule is O=C(O)N(C(=O)NCc1ccccc1)c1ccc([N+](=O)[O-])cc1. The zero-order valence-corrected chi connectivity index (χ0v) is 11.9. The molecule has 8 nitrogen and oxygen atoms in total. The first kappa shape index (κ1) is 16.0. The number of amides is 3. The van der Waals surface area contributed by atoms with Gasteiger partial charge in [-0.3, -0.25) is 10.1 Å². The smallest absolute Gasteiger partial charge is 0.420 e. The average Bonchev–Trinajstić information content (AvgIpc) is 2.54. The van der Waals surface area contributed by atoms with Crippen LogP contribution in [0.3, 0.4) is 0 Å². The van der Waals surface area contributed by atoms with Gasteiger partial charge in [0.15, 0.2) is 0 Å². The molecule has 2 aromatic rings. The van der Waals surface area contributed by atoms with Crippen molar-refractivity contribution in [1.29, 1.82) is 0 Å². The van der Waals surface area contributed by atoms with Gasteiger partial charge in [0, 0.05) is 18.7 Å². The molecular formula is C15H13N3O5. The van der Waals surface area contributed by atoms with Gasteiger partial charge in [0.05, 0.1) is 10.6 Å². The Labute approximate surface area is 131 Å². The predicted octanol–water partition coefficient (Wildman–Crippen LogP) is 2.99. The van der Waals surface area contributed by atoms with Crippen molar-refractivity contribution in [3.8, 4) is 0 Å². The summed E-state index contributed by atoms with van der Waals surface area (Å²) in [5.41, 5.74) is 0.646. The highest BCUT2D eigenvalue weighted by Gasteiger charge is 2.23. The van der Waals surface area contributed by atoms with E-state index in [0.29, 0.717) is 4.90 Å². The molecule has 118 valence electrons. The molecule has 0 aromatic heterocycles. The van der Waals surface area contributed by atoms with Gasteiger partial charge >= 0.3 is 12.1 Å². The van der Waals surface area contributed by atoms with Gasteiger partial charge < -0.3 is 10.4 Å². The minimum Gasteiger partial charge on any atom is -0.464 e. The van der Waals surface area contributed by atoms with Crippen LogP contribution in [0.25, 0.3) is 0 Å². The highest BCUT2D eigenvalue weighted by Crippen LogP contribution is 2.19. The summed E-state index contributed by atoms with van der Waals surface area (Å²) in [5, 5.41) is 22.3. The summed E-state index contributed by atoms with van der Waals surface area (Å²) in [6.07, 6.45) is -1.48. The molecule has 2 rings (SSSR count). The van der Waals surface area contributed by atoms with Gasteiger partial charge in [-0.05, 0) is 17.7 Å². The Morgan fingerprint density at radius 3 is 2.22 bits per heavy atom. The molecule has 0 unspecified atom stereocenters. The van der Waals surface area contributed by atoms with E-state index in [1.54, 1.807) is 24.3 Å². The molecule has 0 bridgehead atoms. The van der Waals surface area contributed by atoms with Crippen molar-refractivity contribution in [1.82, 2.24) is 5.32 Å². The van der Waals surface area contributed by atoms with Crippen LogP contribution in [-0.4, -0.2) is 22.2 Å². The zero-order valence-electron chi connectivity index (χ0n) is 11.9. The molecule has 0 aliphatic heterocycles. The summed E-state index contributed by atoms with van der Waals surface area (Å²) in [6, 6.07) is 12.8. The maximum Gasteiger partial charge on any atom is 0.420 e. The minimum atomic E-state index is -1.48. The lowest BCUT2D eigenvalue weighted by Crippen LogP contribution is -2.43. The van der Waals surface area contributed by atoms with E-state index in [-0.39, 0.29) is 17.9 Å². The van der Waals surface area contributed by atoms with Crippen LogP contribution in [0.2, 0.25) is 0 Å². The number of carbonyl (C=O) groups excluding carboxylic acids is 1. The first-order chi connectivity index (χ1) is 11.0. The predicted molar refractivity (Wildman–Crippen MR) is 82.3 cm³/mol. The van der Waals surface area contributed by atoms with Crippen LogP contribution in [0.1, 0.15) is 5.56 Å². The largest absolute Gasteiger partial charge is 0.464 e. The van der Waals surface area contributed by atoms with E-state index in [0.717, 1.165) is 17.7 Å². The van der Waals surface area contributed by atoms with E-state index < -0.39 is 17.0 Å². The summed E-state index contributed by atoms with van der Waals surface area (Å²) in [6.45, 7) is 0.163. The van der Waals surface area contributed by atoms with Crippen molar-refractivity contribution < 1.29 is 19.6 Å². The fourth-order valence-electron chi connectivity index (χ4n) is 1.89. The number of nitro benzene ring substituents is 1. The number of benzene rings is 2. The van der Waals surface area contributed by atoms with E-state index in [2.05, 4.69) is 5.32 Å². The number of imide groups is 1. The maximum atomic E-state index is 12.1. The summed E-state index contributed by atoms with van der Waals surface area (Å²) in [4.78, 5) is 33.9. The number of hydrogen-bond donors (Lipinski definition) is 2. The quantitative estimate of drug-likeness (QED) is 0.665. The number of nitrogens with zero attached hydrogens (tertiary/aromatic N) is 2. The Bertz CT molecular complexity index is 716. The van der Waals surface area contributed by atoms with Crippen molar-refractivity contribution in [3.63, 3.8) is 0 Å². The third-order valence-corrected chi connectivity index (χ3v) is 3.00. The Morgan fingerprint density at radius 1 is 1.09 bits per heavy atom. The molecule has 0 spiro atoms. The number of anilines is 1. The van der Waals surface area contributed by atoms with E-state index >= 15 is 0 Å². The topological polar surface area (TPSA) is 113 Å². The summed E-state index contributed by atoms with van der Waals surface area (Å²) in [5.74, 6) is 0. The Kier molecular flexibility index (Phi) is 4.88. The molecule has 0 fully saturated rings. The van der Waals surface area contributed by atoms with E-state index in [1.165, 1.54) is 12.1 Å². The van der Waals surface area contributed by atoms with Gasteiger partial charge in [0.25, 0.3) is 5.69 Å². The monoisotopic (exact) mass is 315 g/mol. The molecule has 0 saturated carbocycles. The molecule has 8 heteroatoms. The van der Waals surface area contributed by atoms with Crippen LogP contribution in [-0.2, 0) is 6.54 Å². The highest BCUT2D eigenvalue weighted by molar-refractivity contribution is 6.10. The fourth-order valence-corrected chi connectivity index (χ4v) is 1.89. The fraction of sp³-hybridized carbons (Fsp3) is 0.0667. The number of carboxylic acid groups (broad SMARTS) is 1. The highest BCUT2D eigenvalue weighted by atomic mass is 16.6. The molecule has 0 aliphatic carbocycles. The van der Waals surface area contributed by atoms with Gasteiger partial charge in [-0.2, -0.15) is 4.90 Å². The van der Waals surface area contributed by atoms with Crippen LogP contribution in [0, 0.1) is 10.1 Å². The van der Waals surface area contributed by atoms with Gasteiger partial charge in [-0.1, -0.05) is 30.3 Å². The zero-order chi connectivity index (χ0) is 16.8. The molecule has 3 amide bonds. The van der Waals surface area contributed by atoms with Crippen molar-refractivity contribution >= 4 is 23.5 Å². The van der Waals surface area contributed by atoms with E-state index in [1.807, 2.05) is 6.07 Å². The molecule has 0 heterocycles. The second kappa shape index (κ2) is 7.03. The molecule has 2 N–H and O–H groups in total. The van der Waals surface area contributed by atoms with Crippen LogP contribution < -0.4 is 10.2 Å². The third kappa shape index (κ3) is 4.03. The second-order valence-corrected chi connectivity index (χ2v) is 4.54. The third-order valence-electron chi connectivity index (χ3n) is 3.00. The van der Waals surface area contributed by atoms with Crippen molar-refractivity contribution in [2.75, 3.05) is 4.90 Å². The van der Waals surface area contributed by atoms with Gasteiger partial charge in [0.1, 0.15) is 0 Å². The van der Waals surface area contributed by atoms with Gasteiger partial charge in [-0.15, -0.1) is 0 Å². The first-order valence-corrected chi connectivity index (χ1v) is 6.58. The number of rotatable bonds is 4. The number of nitrogens with one attached hydrogen (secondary N) is 1. The van der Waals surface area contributed by atoms with Crippen LogP contribution in [0.5, 0.6) is 0 Å². The molecule has 23 heavy (non-hydrogen) atoms. The van der Waals surface area contributed by atoms with Crippen LogP contribution in [0.4, 0.5) is 21.0 Å². The second-order valence-electron chi connectivity index (χ2n) is 4.54. The lowest BCUT2D eigenvalue weighted by atomic mass is 10.2. The first-order valence-electron chi connectivity index (χ1n) is 6.58. The van der Waals surface area contributed by atoms with Crippen molar-refractivity contribution in [3.05, 3.63) is 70.3 Å². The lowest BCUT2D eigenvalue weighted by molar-refractivity contribution is -0.384. The van der Waals surface area contributed by atoms with Crippen molar-refractivity contribution in [2.45, 2.75) is 6.54 Å². The van der Waals surface area contributed by atoms with Gasteiger partial charge in [-0.25, -0.2) is 9.59 Å². The summed E-state index contributed by atoms with van der Waals surface area (Å²) >= 11 is 0. The number of urea groups is 1. The Morgan fingerprint density at radius 2 is 1.70 bits per heavy atom.